The van der Waals surface area contributed by atoms with Crippen molar-refractivity contribution in [3.63, 3.8) is 0 Å². The van der Waals surface area contributed by atoms with Gasteiger partial charge in [0.2, 0.25) is 5.91 Å². The number of carbonyl (C=O) groups is 1. The molecule has 2 aromatic carbocycles. The van der Waals surface area contributed by atoms with Gasteiger partial charge in [-0.3, -0.25) is 4.79 Å². The minimum absolute atomic E-state index is 0.0214. The van der Waals surface area contributed by atoms with E-state index in [0.717, 1.165) is 34.1 Å². The second-order valence-electron chi connectivity index (χ2n) is 7.11. The van der Waals surface area contributed by atoms with E-state index >= 15 is 0 Å². The molecule has 2 aromatic heterocycles. The smallest absolute Gasteiger partial charge is 0.220 e. The summed E-state index contributed by atoms with van der Waals surface area (Å²) in [6, 6.07) is 23.4. The predicted octanol–water partition coefficient (Wildman–Crippen LogP) is 5.65. The predicted molar refractivity (Wildman–Crippen MR) is 122 cm³/mol. The third-order valence-corrected chi connectivity index (χ3v) is 5.33. The second kappa shape index (κ2) is 9.58. The Kier molecular flexibility index (Phi) is 6.43. The number of halogens is 1. The van der Waals surface area contributed by atoms with E-state index in [2.05, 4.69) is 22.0 Å². The molecule has 5 nitrogen and oxygen atoms in total. The average molecular weight is 435 g/mol. The number of rotatable bonds is 8. The summed E-state index contributed by atoms with van der Waals surface area (Å²) >= 11 is 6.07. The van der Waals surface area contributed by atoms with Gasteiger partial charge in [0.1, 0.15) is 11.5 Å². The van der Waals surface area contributed by atoms with Gasteiger partial charge < -0.3 is 19.0 Å². The lowest BCUT2D eigenvalue weighted by Crippen LogP contribution is -2.23. The van der Waals surface area contributed by atoms with Crippen LogP contribution >= 0.6 is 11.6 Å². The van der Waals surface area contributed by atoms with Crippen LogP contribution < -0.4 is 10.1 Å². The lowest BCUT2D eigenvalue weighted by molar-refractivity contribution is -0.121. The van der Waals surface area contributed by atoms with Crippen LogP contribution in [0.2, 0.25) is 5.02 Å². The van der Waals surface area contributed by atoms with Crippen molar-refractivity contribution in [2.75, 3.05) is 7.11 Å². The molecule has 0 saturated heterocycles. The first kappa shape index (κ1) is 20.8. The summed E-state index contributed by atoms with van der Waals surface area (Å²) in [5.74, 6) is 1.51. The number of ether oxygens (including phenoxy) is 1. The summed E-state index contributed by atoms with van der Waals surface area (Å²) in [4.78, 5) is 12.4. The van der Waals surface area contributed by atoms with Crippen LogP contribution in [0.4, 0.5) is 0 Å². The summed E-state index contributed by atoms with van der Waals surface area (Å²) in [7, 11) is 1.65. The maximum atomic E-state index is 12.4. The number of furan rings is 1. The van der Waals surface area contributed by atoms with Crippen molar-refractivity contribution in [1.82, 2.24) is 9.88 Å². The van der Waals surface area contributed by atoms with Crippen molar-refractivity contribution in [2.24, 2.45) is 0 Å². The quantitative estimate of drug-likeness (QED) is 0.390. The molecule has 6 heteroatoms. The number of nitrogens with zero attached hydrogens (tertiary/aromatic N) is 1. The first-order valence-electron chi connectivity index (χ1n) is 10.0. The minimum Gasteiger partial charge on any atom is -0.497 e. The van der Waals surface area contributed by atoms with Gasteiger partial charge in [-0.2, -0.15) is 0 Å². The van der Waals surface area contributed by atoms with Crippen molar-refractivity contribution >= 4 is 17.5 Å². The molecule has 0 aliphatic rings. The molecule has 31 heavy (non-hydrogen) atoms. The number of carbonyl (C=O) groups excluding carboxylic acids is 1. The Morgan fingerprint density at radius 2 is 1.81 bits per heavy atom. The molecule has 158 valence electrons. The molecule has 1 N–H and O–H groups in total. The highest BCUT2D eigenvalue weighted by Crippen LogP contribution is 2.29. The highest BCUT2D eigenvalue weighted by molar-refractivity contribution is 6.30. The van der Waals surface area contributed by atoms with Gasteiger partial charge in [0.15, 0.2) is 0 Å². The molecule has 0 aliphatic carbocycles. The first-order valence-corrected chi connectivity index (χ1v) is 10.4. The molecule has 0 spiro atoms. The number of hydrogen-bond acceptors (Lipinski definition) is 3. The molecule has 0 fully saturated rings. The van der Waals surface area contributed by atoms with Crippen LogP contribution in [0, 0.1) is 0 Å². The molecule has 2 heterocycles. The van der Waals surface area contributed by atoms with Crippen LogP contribution in [0.1, 0.15) is 17.9 Å². The van der Waals surface area contributed by atoms with Crippen LogP contribution in [-0.2, 0) is 17.8 Å². The van der Waals surface area contributed by atoms with Crippen LogP contribution in [0.5, 0.6) is 5.75 Å². The van der Waals surface area contributed by atoms with Gasteiger partial charge in [-0.25, -0.2) is 0 Å². The summed E-state index contributed by atoms with van der Waals surface area (Å²) in [5, 5.41) is 3.60. The monoisotopic (exact) mass is 434 g/mol. The Morgan fingerprint density at radius 1 is 1.03 bits per heavy atom. The van der Waals surface area contributed by atoms with E-state index in [1.807, 2.05) is 60.7 Å². The normalized spacial score (nSPS) is 10.8. The number of aromatic nitrogens is 1. The average Bonchev–Trinajstić information content (AvgIpc) is 3.47. The van der Waals surface area contributed by atoms with E-state index in [1.54, 1.807) is 13.4 Å². The molecular weight excluding hydrogens is 412 g/mol. The highest BCUT2D eigenvalue weighted by Gasteiger charge is 2.14. The number of nitrogens with one attached hydrogen (secondary N) is 1. The Morgan fingerprint density at radius 3 is 2.48 bits per heavy atom. The van der Waals surface area contributed by atoms with E-state index in [0.29, 0.717) is 24.4 Å². The maximum absolute atomic E-state index is 12.4. The van der Waals surface area contributed by atoms with E-state index in [1.165, 1.54) is 0 Å². The zero-order chi connectivity index (χ0) is 21.6. The summed E-state index contributed by atoms with van der Waals surface area (Å²) in [6.45, 7) is 0.390. The van der Waals surface area contributed by atoms with Gasteiger partial charge in [0.05, 0.1) is 25.6 Å². The van der Waals surface area contributed by atoms with Gasteiger partial charge in [-0.05, 0) is 72.6 Å². The van der Waals surface area contributed by atoms with Gasteiger partial charge >= 0.3 is 0 Å². The maximum Gasteiger partial charge on any atom is 0.220 e. The molecule has 0 unspecified atom stereocenters. The summed E-state index contributed by atoms with van der Waals surface area (Å²) in [6.07, 6.45) is 2.58. The molecular formula is C25H23ClN2O3. The number of methoxy groups -OCH3 is 1. The molecule has 4 rings (SSSR count). The third-order valence-electron chi connectivity index (χ3n) is 5.08. The fraction of sp³-hybridized carbons (Fsp3) is 0.160. The fourth-order valence-corrected chi connectivity index (χ4v) is 3.61. The zero-order valence-electron chi connectivity index (χ0n) is 17.2. The third kappa shape index (κ3) is 5.01. The van der Waals surface area contributed by atoms with Crippen LogP contribution in [0.15, 0.2) is 83.5 Å². The summed E-state index contributed by atoms with van der Waals surface area (Å²) in [5.41, 5.74) is 4.13. The van der Waals surface area contributed by atoms with Gasteiger partial charge in [0.25, 0.3) is 0 Å². The van der Waals surface area contributed by atoms with E-state index < -0.39 is 0 Å². The molecule has 0 atom stereocenters. The van der Waals surface area contributed by atoms with Gasteiger partial charge in [-0.1, -0.05) is 23.7 Å². The van der Waals surface area contributed by atoms with Crippen molar-refractivity contribution in [1.29, 1.82) is 0 Å². The van der Waals surface area contributed by atoms with Gasteiger partial charge in [-0.15, -0.1) is 0 Å². The zero-order valence-corrected chi connectivity index (χ0v) is 17.9. The number of amides is 1. The molecule has 0 bridgehead atoms. The van der Waals surface area contributed by atoms with Crippen LogP contribution in [-0.4, -0.2) is 17.6 Å². The molecule has 1 amide bonds. The van der Waals surface area contributed by atoms with E-state index in [9.17, 15) is 4.79 Å². The molecule has 0 saturated carbocycles. The number of aryl methyl sites for hydroxylation is 1. The lowest BCUT2D eigenvalue weighted by atomic mass is 10.1. The highest BCUT2D eigenvalue weighted by atomic mass is 35.5. The van der Waals surface area contributed by atoms with Crippen LogP contribution in [0.3, 0.4) is 0 Å². The minimum atomic E-state index is -0.0214. The fourth-order valence-electron chi connectivity index (χ4n) is 3.49. The van der Waals surface area contributed by atoms with Crippen molar-refractivity contribution in [3.05, 3.63) is 95.5 Å². The summed E-state index contributed by atoms with van der Waals surface area (Å²) < 4.78 is 12.7. The Bertz CT molecular complexity index is 1130. The molecule has 4 aromatic rings. The van der Waals surface area contributed by atoms with E-state index in [4.69, 9.17) is 20.8 Å². The first-order chi connectivity index (χ1) is 15.1. The van der Waals surface area contributed by atoms with E-state index in [-0.39, 0.29) is 5.91 Å². The van der Waals surface area contributed by atoms with Gasteiger partial charge in [0, 0.05) is 22.8 Å². The van der Waals surface area contributed by atoms with Crippen molar-refractivity contribution < 1.29 is 13.9 Å². The van der Waals surface area contributed by atoms with Crippen molar-refractivity contribution in [3.8, 4) is 22.7 Å². The van der Waals surface area contributed by atoms with Crippen molar-refractivity contribution in [2.45, 2.75) is 19.4 Å². The SMILES string of the molecule is COc1ccc(-n2c(CCC(=O)NCc3ccco3)ccc2-c2ccc(Cl)cc2)cc1. The lowest BCUT2D eigenvalue weighted by Gasteiger charge is -2.15. The Labute approximate surface area is 186 Å². The molecule has 0 radical (unpaired) electrons. The van der Waals surface area contributed by atoms with Crippen LogP contribution in [0.25, 0.3) is 16.9 Å². The molecule has 0 aliphatic heterocycles. The number of benzene rings is 2. The topological polar surface area (TPSA) is 56.4 Å². The number of hydrogen-bond donors (Lipinski definition) is 1. The second-order valence-corrected chi connectivity index (χ2v) is 7.54. The largest absolute Gasteiger partial charge is 0.497 e. The standard InChI is InChI=1S/C25H23ClN2O3/c1-30-22-12-8-20(9-13-22)28-21(10-14-24(28)18-4-6-19(26)7-5-18)11-15-25(29)27-17-23-3-2-16-31-23/h2-10,12-14,16H,11,15,17H2,1H3,(H,27,29). The Balaban J connectivity index is 1.57. The Hall–Kier alpha value is -3.44.